The quantitative estimate of drug-likeness (QED) is 0.378. The Morgan fingerprint density at radius 2 is 1.84 bits per heavy atom. The Morgan fingerprint density at radius 1 is 1.20 bits per heavy atom. The largest absolute Gasteiger partial charge is 0.464 e. The third kappa shape index (κ3) is 2.71. The first-order valence-electron chi connectivity index (χ1n) is 7.40. The molecule has 2 heterocycles. The fourth-order valence-corrected chi connectivity index (χ4v) is 3.45. The molecule has 0 aliphatic carbocycles. The van der Waals surface area contributed by atoms with Gasteiger partial charge in [0.25, 0.3) is 5.91 Å². The predicted octanol–water partition coefficient (Wildman–Crippen LogP) is 1.07. The molecule has 3 amide bonds. The van der Waals surface area contributed by atoms with Crippen LogP contribution in [0.1, 0.15) is 19.8 Å². The van der Waals surface area contributed by atoms with Crippen LogP contribution in [0.5, 0.6) is 0 Å². The molecule has 1 aromatic rings. The van der Waals surface area contributed by atoms with Crippen LogP contribution in [-0.4, -0.2) is 47.1 Å². The van der Waals surface area contributed by atoms with E-state index in [0.717, 1.165) is 13.5 Å². The molecule has 0 unspecified atom stereocenters. The van der Waals surface area contributed by atoms with Gasteiger partial charge >= 0.3 is 5.97 Å². The number of nitrogens with zero attached hydrogens (tertiary/aromatic N) is 3. The van der Waals surface area contributed by atoms with Gasteiger partial charge in [0.2, 0.25) is 11.8 Å². The van der Waals surface area contributed by atoms with Gasteiger partial charge in [-0.3, -0.25) is 14.4 Å². The fourth-order valence-electron chi connectivity index (χ4n) is 3.09. The Labute approximate surface area is 156 Å². The summed E-state index contributed by atoms with van der Waals surface area (Å²) in [6.45, 7) is 1.23. The summed E-state index contributed by atoms with van der Waals surface area (Å²) in [6, 6.07) is 6.86. The van der Waals surface area contributed by atoms with Crippen molar-refractivity contribution >= 4 is 57.7 Å². The van der Waals surface area contributed by atoms with Crippen LogP contribution in [0.4, 0.5) is 5.69 Å². The lowest BCUT2D eigenvalue weighted by Crippen LogP contribution is -2.51. The number of methoxy groups -OCH3 is 1. The van der Waals surface area contributed by atoms with Crippen LogP contribution in [0.2, 0.25) is 0 Å². The van der Waals surface area contributed by atoms with E-state index in [4.69, 9.17) is 0 Å². The molecule has 1 atom stereocenters. The van der Waals surface area contributed by atoms with Crippen LogP contribution >= 0.6 is 22.6 Å². The zero-order chi connectivity index (χ0) is 18.4. The number of rotatable bonds is 2. The Kier molecular flexibility index (Phi) is 4.35. The minimum Gasteiger partial charge on any atom is -0.464 e. The topological polar surface area (TPSA) is 96.3 Å². The highest BCUT2D eigenvalue weighted by molar-refractivity contribution is 14.1. The number of hydrogen-bond donors (Lipinski definition) is 0. The number of anilines is 1. The van der Waals surface area contributed by atoms with E-state index in [1.165, 1.54) is 14.0 Å². The van der Waals surface area contributed by atoms with E-state index in [-0.39, 0.29) is 18.6 Å². The Bertz CT molecular complexity index is 820. The minimum atomic E-state index is -1.50. The van der Waals surface area contributed by atoms with E-state index in [9.17, 15) is 19.2 Å². The first-order valence-corrected chi connectivity index (χ1v) is 8.47. The first-order chi connectivity index (χ1) is 11.8. The molecule has 130 valence electrons. The molecule has 0 radical (unpaired) electrons. The van der Waals surface area contributed by atoms with Gasteiger partial charge in [0.15, 0.2) is 5.54 Å². The normalized spacial score (nSPS) is 22.6. The molecular weight excluding hydrogens is 441 g/mol. The lowest BCUT2D eigenvalue weighted by Gasteiger charge is -2.28. The van der Waals surface area contributed by atoms with E-state index in [1.807, 2.05) is 0 Å². The molecule has 1 fully saturated rings. The van der Waals surface area contributed by atoms with Gasteiger partial charge in [0.1, 0.15) is 5.71 Å². The molecule has 0 saturated carbocycles. The number of carbonyl (C=O) groups excluding carboxylic acids is 4. The molecule has 2 aliphatic rings. The second kappa shape index (κ2) is 6.21. The van der Waals surface area contributed by atoms with Crippen LogP contribution in [0, 0.1) is 3.57 Å². The highest BCUT2D eigenvalue weighted by Crippen LogP contribution is 2.40. The summed E-state index contributed by atoms with van der Waals surface area (Å²) in [6.07, 6.45) is -0.383. The number of esters is 1. The molecule has 3 rings (SSSR count). The van der Waals surface area contributed by atoms with Gasteiger partial charge in [-0.1, -0.05) is 0 Å². The maximum atomic E-state index is 13.1. The van der Waals surface area contributed by atoms with Crippen LogP contribution in [0.15, 0.2) is 29.4 Å². The summed E-state index contributed by atoms with van der Waals surface area (Å²) in [5.41, 5.74) is -1.14. The average molecular weight is 455 g/mol. The van der Waals surface area contributed by atoms with Gasteiger partial charge in [-0.2, -0.15) is 5.10 Å². The number of imide groups is 1. The lowest BCUT2D eigenvalue weighted by atomic mass is 9.91. The zero-order valence-electron chi connectivity index (χ0n) is 13.5. The number of carbonyl (C=O) groups is 4. The number of hydrazone groups is 1. The third-order valence-corrected chi connectivity index (χ3v) is 4.90. The van der Waals surface area contributed by atoms with Gasteiger partial charge < -0.3 is 4.74 Å². The SMILES string of the molecule is COC(=O)C1=NN(C(C)=O)[C@@]2(CC(=O)N(c3ccc(I)cc3)C2=O)C1. The van der Waals surface area contributed by atoms with E-state index in [0.29, 0.717) is 5.69 Å². The van der Waals surface area contributed by atoms with Gasteiger partial charge in [-0.15, -0.1) is 0 Å². The number of amides is 3. The summed E-state index contributed by atoms with van der Waals surface area (Å²) in [5.74, 6) is -2.27. The Balaban J connectivity index is 2.01. The van der Waals surface area contributed by atoms with Crippen LogP contribution in [0.3, 0.4) is 0 Å². The molecule has 0 N–H and O–H groups in total. The van der Waals surface area contributed by atoms with E-state index >= 15 is 0 Å². The highest BCUT2D eigenvalue weighted by atomic mass is 127. The zero-order valence-corrected chi connectivity index (χ0v) is 15.6. The second-order valence-corrected chi connectivity index (χ2v) is 7.01. The number of benzene rings is 1. The number of halogens is 1. The lowest BCUT2D eigenvalue weighted by molar-refractivity contribution is -0.141. The molecule has 2 aliphatic heterocycles. The van der Waals surface area contributed by atoms with Gasteiger partial charge in [-0.05, 0) is 46.9 Å². The summed E-state index contributed by atoms with van der Waals surface area (Å²) in [4.78, 5) is 50.5. The number of hydrogen-bond acceptors (Lipinski definition) is 6. The second-order valence-electron chi connectivity index (χ2n) is 5.76. The van der Waals surface area contributed by atoms with E-state index in [2.05, 4.69) is 32.4 Å². The standard InChI is InChI=1S/C16H14IN3O5/c1-9(21)20-16(7-12(18-20)14(23)25-2)8-13(22)19(15(16)24)11-5-3-10(17)4-6-11/h3-6H,7-8H2,1-2H3/t16-/m1/s1. The monoisotopic (exact) mass is 455 g/mol. The van der Waals surface area contributed by atoms with E-state index < -0.39 is 29.2 Å². The van der Waals surface area contributed by atoms with Crippen molar-refractivity contribution in [2.45, 2.75) is 25.3 Å². The predicted molar refractivity (Wildman–Crippen MR) is 95.6 cm³/mol. The van der Waals surface area contributed by atoms with E-state index in [1.54, 1.807) is 24.3 Å². The third-order valence-electron chi connectivity index (χ3n) is 4.18. The summed E-state index contributed by atoms with van der Waals surface area (Å²) in [7, 11) is 1.19. The van der Waals surface area contributed by atoms with Gasteiger partial charge in [0.05, 0.1) is 19.2 Å². The molecular formula is C16H14IN3O5. The molecule has 25 heavy (non-hydrogen) atoms. The van der Waals surface area contributed by atoms with Crippen molar-refractivity contribution in [2.24, 2.45) is 5.10 Å². The molecule has 1 aromatic carbocycles. The van der Waals surface area contributed by atoms with Crippen LogP contribution < -0.4 is 4.90 Å². The Hall–Kier alpha value is -2.30. The molecule has 0 bridgehead atoms. The van der Waals surface area contributed by atoms with Crippen molar-refractivity contribution in [1.82, 2.24) is 5.01 Å². The molecule has 1 spiro atoms. The molecule has 9 heteroatoms. The smallest absolute Gasteiger partial charge is 0.354 e. The molecule has 8 nitrogen and oxygen atoms in total. The van der Waals surface area contributed by atoms with Crippen molar-refractivity contribution in [2.75, 3.05) is 12.0 Å². The van der Waals surface area contributed by atoms with Crippen molar-refractivity contribution < 1.29 is 23.9 Å². The van der Waals surface area contributed by atoms with Crippen LogP contribution in [-0.2, 0) is 23.9 Å². The van der Waals surface area contributed by atoms with Crippen LogP contribution in [0.25, 0.3) is 0 Å². The fraction of sp³-hybridized carbons (Fsp3) is 0.312. The van der Waals surface area contributed by atoms with Gasteiger partial charge in [0, 0.05) is 16.9 Å². The Morgan fingerprint density at radius 3 is 2.40 bits per heavy atom. The summed E-state index contributed by atoms with van der Waals surface area (Å²) in [5, 5.41) is 4.88. The maximum Gasteiger partial charge on any atom is 0.354 e. The first kappa shape index (κ1) is 17.5. The van der Waals surface area contributed by atoms with Crippen molar-refractivity contribution in [1.29, 1.82) is 0 Å². The minimum absolute atomic E-state index is 0.0525. The van der Waals surface area contributed by atoms with Gasteiger partial charge in [-0.25, -0.2) is 14.7 Å². The molecule has 1 saturated heterocycles. The summed E-state index contributed by atoms with van der Waals surface area (Å²) < 4.78 is 5.59. The molecule has 0 aromatic heterocycles. The number of ether oxygens (including phenoxy) is 1. The van der Waals surface area contributed by atoms with Crippen molar-refractivity contribution in [3.8, 4) is 0 Å². The highest BCUT2D eigenvalue weighted by Gasteiger charge is 2.61. The summed E-state index contributed by atoms with van der Waals surface area (Å²) >= 11 is 2.12. The maximum absolute atomic E-state index is 13.1. The van der Waals surface area contributed by atoms with Crippen molar-refractivity contribution in [3.63, 3.8) is 0 Å². The van der Waals surface area contributed by atoms with Crippen molar-refractivity contribution in [3.05, 3.63) is 27.8 Å². The average Bonchev–Trinajstić information content (AvgIpc) is 3.07.